The average molecular weight is 115 g/mol. The van der Waals surface area contributed by atoms with Crippen molar-refractivity contribution in [3.8, 4) is 0 Å². The molecule has 0 aliphatic carbocycles. The zero-order valence-electron chi connectivity index (χ0n) is 12.9. The van der Waals surface area contributed by atoms with E-state index in [4.69, 9.17) is 12.8 Å². The van der Waals surface area contributed by atoms with Gasteiger partial charge in [0.15, 0.2) is 0 Å². The van der Waals surface area contributed by atoms with Crippen LogP contribution in [0.4, 0.5) is 0 Å². The van der Waals surface area contributed by atoms with E-state index in [0.29, 0.717) is 0 Å². The van der Waals surface area contributed by atoms with Crippen LogP contribution >= 0.6 is 11.6 Å². The Labute approximate surface area is 54.8 Å². The van der Waals surface area contributed by atoms with E-state index in [9.17, 15) is 0 Å². The SMILES string of the molecule is [2H]C1=CS([2H])([2H])([2H])([2H])N([2H])C([2H])([2H])C1([2H])[2H]. The van der Waals surface area contributed by atoms with Gasteiger partial charge in [-0.2, -0.15) is 0 Å². The molecule has 0 saturated carbocycles. The maximum atomic E-state index is 7.36. The Hall–Kier alpha value is 0.0500. The molecule has 0 bridgehead atoms. The summed E-state index contributed by atoms with van der Waals surface area (Å²) in [5.74, 6) is 0. The number of nitrogens with one attached hydrogen (secondary N) is 1. The van der Waals surface area contributed by atoms with E-state index in [1.165, 1.54) is 0 Å². The Balaban J connectivity index is 3.67. The van der Waals surface area contributed by atoms with Gasteiger partial charge >= 0.3 is 0 Å². The minimum Gasteiger partial charge on any atom is -0.299 e. The maximum absolute atomic E-state index is 7.36. The van der Waals surface area contributed by atoms with Crippen LogP contribution in [0, 0.1) is 0 Å². The lowest BCUT2D eigenvalue weighted by molar-refractivity contribution is 0.931. The van der Waals surface area contributed by atoms with Gasteiger partial charge in [0.05, 0.1) is 5.87 Å². The molecule has 0 aromatic carbocycles. The molecule has 0 atom stereocenters. The van der Waals surface area contributed by atoms with Crippen molar-refractivity contribution in [2.45, 2.75) is 6.37 Å². The van der Waals surface area contributed by atoms with Crippen molar-refractivity contribution >= 4 is 11.6 Å². The summed E-state index contributed by atoms with van der Waals surface area (Å²) in [4.78, 5) is 0. The third kappa shape index (κ3) is 1.03. The summed E-state index contributed by atoms with van der Waals surface area (Å²) in [7, 11) is 0. The van der Waals surface area contributed by atoms with Gasteiger partial charge in [0.25, 0.3) is 0 Å². The molecule has 1 aliphatic rings. The smallest absolute Gasteiger partial charge is 0.132 e. The topological polar surface area (TPSA) is 12.0 Å². The molecule has 1 N–H and O–H groups in total. The molecule has 0 spiro atoms. The molecule has 0 aromatic heterocycles. The van der Waals surface area contributed by atoms with Gasteiger partial charge in [-0.15, -0.1) is 0 Å². The fourth-order valence-corrected chi connectivity index (χ4v) is 0.426. The molecular weight excluding hydrogens is 94.1 g/mol. The first-order valence-electron chi connectivity index (χ1n) is 6.01. The summed E-state index contributed by atoms with van der Waals surface area (Å²) >= 11 is -6.36. The lowest BCUT2D eigenvalue weighted by Crippen LogP contribution is -2.05. The summed E-state index contributed by atoms with van der Waals surface area (Å²) in [6.07, 6.45) is -2.94. The fraction of sp³-hybridized carbons (Fsp3) is 0.500. The van der Waals surface area contributed by atoms with Crippen molar-refractivity contribution in [3.63, 3.8) is 0 Å². The lowest BCUT2D eigenvalue weighted by atomic mass is 10.4. The highest BCUT2D eigenvalue weighted by Crippen LogP contribution is 2.01. The molecule has 1 nitrogen and oxygen atoms in total. The summed E-state index contributed by atoms with van der Waals surface area (Å²) in [6, 6.07) is -1.13. The minimum atomic E-state index is -6.36. The van der Waals surface area contributed by atoms with Crippen molar-refractivity contribution in [3.05, 3.63) is 11.5 Å². The maximum Gasteiger partial charge on any atom is 0.132 e. The fourth-order valence-electron chi connectivity index (χ4n) is 0.164. The first-order valence-corrected chi connectivity index (χ1v) is 2.27. The van der Waals surface area contributed by atoms with E-state index in [2.05, 4.69) is 0 Å². The predicted octanol–water partition coefficient (Wildman–Crippen LogP) is 0.0708. The molecule has 6 heavy (non-hydrogen) atoms. The second-order valence-corrected chi connectivity index (χ2v) is 1.32. The van der Waals surface area contributed by atoms with Crippen LogP contribution in [0.25, 0.3) is 0 Å². The van der Waals surface area contributed by atoms with Crippen LogP contribution in [0.2, 0.25) is 1.41 Å². The van der Waals surface area contributed by atoms with E-state index < -0.39 is 35.2 Å². The highest BCUT2D eigenvalue weighted by atomic mass is 32.2. The van der Waals surface area contributed by atoms with E-state index in [0.717, 1.165) is 0 Å². The largest absolute Gasteiger partial charge is 0.299 e. The van der Waals surface area contributed by atoms with E-state index in [1.54, 1.807) is 0 Å². The summed E-state index contributed by atoms with van der Waals surface area (Å²) in [6.45, 7) is -3.26. The van der Waals surface area contributed by atoms with Gasteiger partial charge in [-0.05, 0) is 6.37 Å². The van der Waals surface area contributed by atoms with Crippen molar-refractivity contribution in [2.24, 2.45) is 0 Å². The summed E-state index contributed by atoms with van der Waals surface area (Å²) in [5.41, 5.74) is 0. The van der Waals surface area contributed by atoms with E-state index in [1.807, 2.05) is 0 Å². The van der Waals surface area contributed by atoms with Gasteiger partial charge in [-0.3, -0.25) is 16.3 Å². The molecule has 2 heteroatoms. The van der Waals surface area contributed by atoms with Crippen LogP contribution in [-0.2, 0) is 0 Å². The van der Waals surface area contributed by atoms with Crippen molar-refractivity contribution < 1.29 is 8.27 Å². The highest BCUT2D eigenvalue weighted by Gasteiger charge is 1.81. The molecule has 0 unspecified atom stereocenters. The highest BCUT2D eigenvalue weighted by molar-refractivity contribution is 8.00. The molecule has 0 saturated heterocycles. The van der Waals surface area contributed by atoms with E-state index in [-0.39, 0.29) is 5.41 Å². The van der Waals surface area contributed by atoms with E-state index >= 15 is 0 Å². The second-order valence-electron chi connectivity index (χ2n) is 0.696. The molecule has 1 aliphatic heterocycles. The van der Waals surface area contributed by atoms with Crippen molar-refractivity contribution in [1.29, 1.82) is 4.50 Å². The van der Waals surface area contributed by atoms with Crippen LogP contribution in [0.3, 0.4) is 0 Å². The second kappa shape index (κ2) is 2.26. The van der Waals surface area contributed by atoms with Gasteiger partial charge in [0.1, 0.15) is 1.41 Å². The standard InChI is InChI=1S/C4H11NS/c1-2-4-6-5-3-1/h2,4-5H,1,3H2,6H4/i1D2,2D,3D2,6D4/hD. The average Bonchev–Trinajstić information content (AvgIpc) is 1.97. The normalized spacial score (nSPS) is 104. The molecule has 1 rings (SSSR count). The van der Waals surface area contributed by atoms with Gasteiger partial charge in [0, 0.05) is 12.0 Å². The molecule has 38 valence electrons. The zero-order chi connectivity index (χ0) is 13.3. The number of hydrogen-bond acceptors (Lipinski definition) is 1. The van der Waals surface area contributed by atoms with Gasteiger partial charge in [0.2, 0.25) is 0 Å². The van der Waals surface area contributed by atoms with Crippen LogP contribution in [-0.4, -0.2) is 11.0 Å². The molecule has 1 heterocycles. The Morgan fingerprint density at radius 1 is 2.50 bits per heavy atom. The summed E-state index contributed by atoms with van der Waals surface area (Å²) < 4.78 is 72.4. The van der Waals surface area contributed by atoms with Crippen LogP contribution < -0.4 is 4.72 Å². The lowest BCUT2D eigenvalue weighted by Gasteiger charge is -2.06. The molecule has 0 radical (unpaired) electrons. The number of rotatable bonds is 0. The Morgan fingerprint density at radius 2 is 3.50 bits per heavy atom. The predicted molar refractivity (Wildman–Crippen MR) is 34.9 cm³/mol. The zero-order valence-corrected chi connectivity index (χ0v) is 3.75. The minimum absolute atomic E-state index is 0.0916. The van der Waals surface area contributed by atoms with Crippen LogP contribution in [0.5, 0.6) is 0 Å². The Kier molecular flexibility index (Phi) is 0.226. The monoisotopic (exact) mass is 115 g/mol. The quantitative estimate of drug-likeness (QED) is 0.471. The first-order chi connectivity index (χ1) is 6.55. The van der Waals surface area contributed by atoms with Gasteiger partial charge < -0.3 is 0 Å². The van der Waals surface area contributed by atoms with Gasteiger partial charge in [-0.1, -0.05) is 11.5 Å². The molecule has 0 aromatic rings. The first kappa shape index (κ1) is 0.599. The van der Waals surface area contributed by atoms with Crippen LogP contribution in [0.15, 0.2) is 11.5 Å². The number of hydrogen-bond donors (Lipinski definition) is 1. The molecular formula is C4H11NS. The third-order valence-electron chi connectivity index (χ3n) is 0.338. The van der Waals surface area contributed by atoms with Crippen molar-refractivity contribution in [2.75, 3.05) is 6.50 Å². The third-order valence-corrected chi connectivity index (χ3v) is 0.758. The van der Waals surface area contributed by atoms with Gasteiger partial charge in [-0.25, -0.2) is 0 Å². The van der Waals surface area contributed by atoms with Crippen LogP contribution in [0.1, 0.15) is 13.2 Å². The van der Waals surface area contributed by atoms with Crippen molar-refractivity contribution in [1.82, 2.24) is 4.72 Å². The summed E-state index contributed by atoms with van der Waals surface area (Å²) in [5, 5.41) is 0.0916. The Bertz CT molecular complexity index is 376. The molecule has 0 fully saturated rings. The molecule has 0 amide bonds. The Morgan fingerprint density at radius 3 is 4.50 bits per heavy atom.